The van der Waals surface area contributed by atoms with Gasteiger partial charge in [0, 0.05) is 15.6 Å². The van der Waals surface area contributed by atoms with Crippen LogP contribution in [0.5, 0.6) is 11.5 Å². The second kappa shape index (κ2) is 19.9. The summed E-state index contributed by atoms with van der Waals surface area (Å²) in [6.07, 6.45) is 12.4. The number of fused-ring (bicyclic) bond motifs is 2. The molecule has 0 aromatic heterocycles. The van der Waals surface area contributed by atoms with E-state index in [4.69, 9.17) is 9.84 Å². The van der Waals surface area contributed by atoms with Crippen LogP contribution in [0.1, 0.15) is 78.1 Å². The van der Waals surface area contributed by atoms with Crippen LogP contribution < -0.4 is 4.74 Å². The van der Waals surface area contributed by atoms with Crippen LogP contribution in [-0.4, -0.2) is 23.4 Å². The first-order valence-corrected chi connectivity index (χ1v) is 15.9. The normalized spacial score (nSPS) is 10.5. The van der Waals surface area contributed by atoms with Gasteiger partial charge in [0.15, 0.2) is 0 Å². The Labute approximate surface area is 251 Å². The van der Waals surface area contributed by atoms with Gasteiger partial charge in [-0.05, 0) is 70.8 Å². The summed E-state index contributed by atoms with van der Waals surface area (Å²) < 4.78 is 7.96. The number of aromatic hydroxyl groups is 1. The molecule has 0 fully saturated rings. The highest BCUT2D eigenvalue weighted by molar-refractivity contribution is 9.11. The number of aliphatic hydroxyl groups excluding tert-OH is 1. The van der Waals surface area contributed by atoms with Crippen LogP contribution in [0.4, 0.5) is 0 Å². The van der Waals surface area contributed by atoms with Gasteiger partial charge in [0.05, 0.1) is 6.61 Å². The van der Waals surface area contributed by atoms with E-state index in [1.165, 1.54) is 62.1 Å². The Morgan fingerprint density at radius 2 is 1.15 bits per heavy atom. The maximum atomic E-state index is 9.23. The van der Waals surface area contributed by atoms with Crippen LogP contribution in [0, 0.1) is 0 Å². The average molecular weight is 661 g/mol. The first-order valence-electron chi connectivity index (χ1n) is 14.3. The molecule has 0 atom stereocenters. The van der Waals surface area contributed by atoms with Gasteiger partial charge in [0.2, 0.25) is 0 Å². The number of rotatable bonds is 12. The van der Waals surface area contributed by atoms with Gasteiger partial charge in [-0.25, -0.2) is 0 Å². The number of aliphatic hydroxyl groups is 1. The molecule has 4 rings (SSSR count). The van der Waals surface area contributed by atoms with Crippen molar-refractivity contribution in [1.29, 1.82) is 0 Å². The van der Waals surface area contributed by atoms with Crippen LogP contribution in [-0.2, 0) is 0 Å². The van der Waals surface area contributed by atoms with Crippen molar-refractivity contribution in [2.45, 2.75) is 78.1 Å². The summed E-state index contributed by atoms with van der Waals surface area (Å²) in [6, 6.07) is 23.8. The van der Waals surface area contributed by atoms with Crippen LogP contribution in [0.3, 0.4) is 0 Å². The third kappa shape index (κ3) is 12.8. The first-order chi connectivity index (χ1) is 19.0. The van der Waals surface area contributed by atoms with Crippen molar-refractivity contribution in [3.63, 3.8) is 0 Å². The van der Waals surface area contributed by atoms with E-state index >= 15 is 0 Å². The molecular formula is C34H44Br2O3. The summed E-state index contributed by atoms with van der Waals surface area (Å²) in [5, 5.41) is 22.2. The molecule has 0 heterocycles. The van der Waals surface area contributed by atoms with Crippen molar-refractivity contribution in [2.75, 3.05) is 13.2 Å². The van der Waals surface area contributed by atoms with E-state index in [-0.39, 0.29) is 0 Å². The number of unbranched alkanes of at least 4 members (excludes halogenated alkanes) is 8. The molecule has 212 valence electrons. The Kier molecular flexibility index (Phi) is 16.9. The zero-order valence-electron chi connectivity index (χ0n) is 23.5. The summed E-state index contributed by atoms with van der Waals surface area (Å²) in [6.45, 7) is 5.62. The van der Waals surface area contributed by atoms with Crippen molar-refractivity contribution < 1.29 is 14.9 Å². The maximum absolute atomic E-state index is 9.23. The van der Waals surface area contributed by atoms with Gasteiger partial charge in [-0.15, -0.1) is 0 Å². The Morgan fingerprint density at radius 3 is 1.74 bits per heavy atom. The summed E-state index contributed by atoms with van der Waals surface area (Å²) in [5.41, 5.74) is 0. The zero-order valence-corrected chi connectivity index (χ0v) is 26.6. The molecule has 5 heteroatoms. The van der Waals surface area contributed by atoms with Crippen LogP contribution in [0.25, 0.3) is 21.5 Å². The fourth-order valence-electron chi connectivity index (χ4n) is 4.14. The Hall–Kier alpha value is -2.08. The number of phenols is 1. The third-order valence-corrected chi connectivity index (χ3v) is 7.77. The standard InChI is InChI=1S/C17H21BrO.C10H7BrO.C7H16O/c1-2-3-4-5-6-12-19-15-11-10-14-8-7-9-17(18)16(14)13-15;11-10-3-1-2-7-4-5-8(12)6-9(7)10;1-2-3-4-5-6-7-8/h7-11,13H,2-6,12H2,1H3;1-6,12H;8H,2-7H2,1H3. The van der Waals surface area contributed by atoms with E-state index in [0.29, 0.717) is 12.4 Å². The lowest BCUT2D eigenvalue weighted by Crippen LogP contribution is -1.97. The lowest BCUT2D eigenvalue weighted by molar-refractivity contribution is 0.282. The molecule has 0 aliphatic carbocycles. The van der Waals surface area contributed by atoms with Gasteiger partial charge >= 0.3 is 0 Å². The van der Waals surface area contributed by atoms with Gasteiger partial charge in [0.25, 0.3) is 0 Å². The molecule has 0 radical (unpaired) electrons. The van der Waals surface area contributed by atoms with E-state index < -0.39 is 0 Å². The molecule has 0 saturated carbocycles. The van der Waals surface area contributed by atoms with Gasteiger partial charge in [-0.3, -0.25) is 0 Å². The molecule has 0 unspecified atom stereocenters. The number of ether oxygens (including phenoxy) is 1. The second-order valence-electron chi connectivity index (χ2n) is 9.67. The lowest BCUT2D eigenvalue weighted by Gasteiger charge is -2.08. The molecule has 3 nitrogen and oxygen atoms in total. The molecular weight excluding hydrogens is 616 g/mol. The number of benzene rings is 4. The molecule has 4 aromatic carbocycles. The van der Waals surface area contributed by atoms with E-state index in [1.54, 1.807) is 12.1 Å². The highest BCUT2D eigenvalue weighted by Gasteiger charge is 2.01. The summed E-state index contributed by atoms with van der Waals surface area (Å²) >= 11 is 7.01. The van der Waals surface area contributed by atoms with Crippen molar-refractivity contribution in [3.05, 3.63) is 81.7 Å². The molecule has 0 amide bonds. The number of phenolic OH excluding ortho intramolecular Hbond substituents is 1. The second-order valence-corrected chi connectivity index (χ2v) is 11.4. The quantitative estimate of drug-likeness (QED) is 0.149. The fourth-order valence-corrected chi connectivity index (χ4v) is 5.13. The summed E-state index contributed by atoms with van der Waals surface area (Å²) in [4.78, 5) is 0. The maximum Gasteiger partial charge on any atom is 0.119 e. The van der Waals surface area contributed by atoms with Crippen LogP contribution >= 0.6 is 31.9 Å². The Morgan fingerprint density at radius 1 is 0.615 bits per heavy atom. The van der Waals surface area contributed by atoms with Gasteiger partial charge in [0.1, 0.15) is 11.5 Å². The van der Waals surface area contributed by atoms with E-state index in [1.807, 2.05) is 24.3 Å². The lowest BCUT2D eigenvalue weighted by atomic mass is 10.1. The van der Waals surface area contributed by atoms with Crippen molar-refractivity contribution in [2.24, 2.45) is 0 Å². The highest BCUT2D eigenvalue weighted by Crippen LogP contribution is 2.28. The monoisotopic (exact) mass is 658 g/mol. The molecule has 0 aliphatic rings. The molecule has 39 heavy (non-hydrogen) atoms. The van der Waals surface area contributed by atoms with Gasteiger partial charge in [-0.1, -0.05) is 133 Å². The van der Waals surface area contributed by atoms with Gasteiger partial charge < -0.3 is 14.9 Å². The predicted octanol–water partition coefficient (Wildman–Crippen LogP) is 11.2. The predicted molar refractivity (Wildman–Crippen MR) is 175 cm³/mol. The average Bonchev–Trinajstić information content (AvgIpc) is 2.95. The molecule has 0 aliphatic heterocycles. The first kappa shape index (κ1) is 33.1. The van der Waals surface area contributed by atoms with Gasteiger partial charge in [-0.2, -0.15) is 0 Å². The SMILES string of the molecule is CCCCCCCO.CCCCCCCOc1ccc2cccc(Br)c2c1.Oc1ccc2cccc(Br)c2c1. The van der Waals surface area contributed by atoms with Crippen molar-refractivity contribution in [1.82, 2.24) is 0 Å². The number of hydrogen-bond acceptors (Lipinski definition) is 3. The van der Waals surface area contributed by atoms with Crippen molar-refractivity contribution >= 4 is 53.4 Å². The van der Waals surface area contributed by atoms with E-state index in [0.717, 1.165) is 44.9 Å². The van der Waals surface area contributed by atoms with Crippen LogP contribution in [0.15, 0.2) is 81.7 Å². The topological polar surface area (TPSA) is 49.7 Å². The van der Waals surface area contributed by atoms with Crippen molar-refractivity contribution in [3.8, 4) is 11.5 Å². The minimum absolute atomic E-state index is 0.300. The van der Waals surface area contributed by atoms with E-state index in [2.05, 4.69) is 82.1 Å². The summed E-state index contributed by atoms with van der Waals surface area (Å²) in [7, 11) is 0. The zero-order chi connectivity index (χ0) is 28.3. The summed E-state index contributed by atoms with van der Waals surface area (Å²) in [5.74, 6) is 1.27. The van der Waals surface area contributed by atoms with Crippen LogP contribution in [0.2, 0.25) is 0 Å². The molecule has 0 saturated heterocycles. The third-order valence-electron chi connectivity index (χ3n) is 6.39. The molecule has 4 aromatic rings. The minimum atomic E-state index is 0.300. The highest BCUT2D eigenvalue weighted by atomic mass is 79.9. The number of hydrogen-bond donors (Lipinski definition) is 2. The minimum Gasteiger partial charge on any atom is -0.508 e. The molecule has 2 N–H and O–H groups in total. The fraction of sp³-hybridized carbons (Fsp3) is 0.412. The Bertz CT molecular complexity index is 1220. The van der Waals surface area contributed by atoms with E-state index in [9.17, 15) is 5.11 Å². The number of halogens is 2. The molecule has 0 spiro atoms. The molecule has 0 bridgehead atoms. The Balaban J connectivity index is 0.000000228. The smallest absolute Gasteiger partial charge is 0.119 e. The largest absolute Gasteiger partial charge is 0.508 e.